The van der Waals surface area contributed by atoms with E-state index in [2.05, 4.69) is 31.1 Å². The fourth-order valence-electron chi connectivity index (χ4n) is 2.24. The van der Waals surface area contributed by atoms with Gasteiger partial charge in [-0.2, -0.15) is 0 Å². The molecular weight excluding hydrogens is 294 g/mol. The van der Waals surface area contributed by atoms with E-state index in [9.17, 15) is 4.79 Å². The minimum atomic E-state index is -0.0597. The predicted octanol–water partition coefficient (Wildman–Crippen LogP) is 2.06. The van der Waals surface area contributed by atoms with Crippen molar-refractivity contribution in [1.82, 2.24) is 15.2 Å². The highest BCUT2D eigenvalue weighted by Crippen LogP contribution is 2.10. The van der Waals surface area contributed by atoms with Crippen molar-refractivity contribution in [3.05, 3.63) is 28.5 Å². The summed E-state index contributed by atoms with van der Waals surface area (Å²) in [7, 11) is 0. The number of nitrogens with one attached hydrogen (secondary N) is 1. The van der Waals surface area contributed by atoms with Gasteiger partial charge in [-0.25, -0.2) is 0 Å². The second-order valence-electron chi connectivity index (χ2n) is 4.77. The minimum absolute atomic E-state index is 0.0597. The molecule has 1 fully saturated rings. The highest BCUT2D eigenvalue weighted by molar-refractivity contribution is 9.10. The van der Waals surface area contributed by atoms with E-state index in [1.807, 2.05) is 6.92 Å². The number of halogens is 1. The zero-order valence-corrected chi connectivity index (χ0v) is 12.1. The third-order valence-corrected chi connectivity index (χ3v) is 3.51. The van der Waals surface area contributed by atoms with Gasteiger partial charge >= 0.3 is 0 Å². The molecule has 18 heavy (non-hydrogen) atoms. The summed E-state index contributed by atoms with van der Waals surface area (Å²) in [4.78, 5) is 18.4. The average Bonchev–Trinajstić information content (AvgIpc) is 2.81. The zero-order valence-electron chi connectivity index (χ0n) is 10.5. The topological polar surface area (TPSA) is 45.2 Å². The quantitative estimate of drug-likeness (QED) is 0.925. The molecule has 1 aromatic rings. The summed E-state index contributed by atoms with van der Waals surface area (Å²) < 4.78 is 0.822. The van der Waals surface area contributed by atoms with Crippen molar-refractivity contribution in [1.29, 1.82) is 0 Å². The zero-order chi connectivity index (χ0) is 13.0. The van der Waals surface area contributed by atoms with E-state index in [4.69, 9.17) is 0 Å². The first kappa shape index (κ1) is 13.5. The maximum atomic E-state index is 12.0. The molecule has 98 valence electrons. The Morgan fingerprint density at radius 2 is 2.22 bits per heavy atom. The van der Waals surface area contributed by atoms with Gasteiger partial charge in [0.1, 0.15) is 0 Å². The molecule has 5 heteroatoms. The van der Waals surface area contributed by atoms with Crippen molar-refractivity contribution in [2.75, 3.05) is 19.6 Å². The molecule has 0 spiro atoms. The lowest BCUT2D eigenvalue weighted by Crippen LogP contribution is -2.41. The first-order valence-corrected chi connectivity index (χ1v) is 7.08. The van der Waals surface area contributed by atoms with Crippen molar-refractivity contribution in [2.45, 2.75) is 25.8 Å². The molecule has 1 saturated heterocycles. The van der Waals surface area contributed by atoms with Crippen LogP contribution in [0.25, 0.3) is 0 Å². The molecule has 1 aromatic heterocycles. The Balaban J connectivity index is 1.86. The normalized spacial score (nSPS) is 17.7. The van der Waals surface area contributed by atoms with Crippen molar-refractivity contribution >= 4 is 21.8 Å². The minimum Gasteiger partial charge on any atom is -0.348 e. The number of nitrogens with zero attached hydrogens (tertiary/aromatic N) is 2. The standard InChI is InChI=1S/C13H18BrN3O/c1-10(9-17-4-2-3-5-17)16-13(18)11-6-12(14)8-15-7-11/h6-8,10H,2-5,9H2,1H3,(H,16,18). The van der Waals surface area contributed by atoms with E-state index in [0.717, 1.165) is 24.1 Å². The van der Waals surface area contributed by atoms with Crippen LogP contribution >= 0.6 is 15.9 Å². The number of aromatic nitrogens is 1. The summed E-state index contributed by atoms with van der Waals surface area (Å²) in [6.45, 7) is 5.27. The van der Waals surface area contributed by atoms with Gasteiger partial charge in [0.05, 0.1) is 5.56 Å². The van der Waals surface area contributed by atoms with Crippen LogP contribution in [0.4, 0.5) is 0 Å². The largest absolute Gasteiger partial charge is 0.348 e. The third kappa shape index (κ3) is 3.78. The molecule has 2 heterocycles. The Morgan fingerprint density at radius 3 is 2.89 bits per heavy atom. The summed E-state index contributed by atoms with van der Waals surface area (Å²) in [6.07, 6.45) is 5.81. The van der Waals surface area contributed by atoms with E-state index in [1.165, 1.54) is 12.8 Å². The van der Waals surface area contributed by atoms with Crippen LogP contribution in [-0.2, 0) is 0 Å². The van der Waals surface area contributed by atoms with Gasteiger partial charge in [0.15, 0.2) is 0 Å². The van der Waals surface area contributed by atoms with Gasteiger partial charge in [0.25, 0.3) is 5.91 Å². The van der Waals surface area contributed by atoms with Gasteiger partial charge in [-0.1, -0.05) is 0 Å². The fraction of sp³-hybridized carbons (Fsp3) is 0.538. The summed E-state index contributed by atoms with van der Waals surface area (Å²) >= 11 is 3.32. The summed E-state index contributed by atoms with van der Waals surface area (Å²) in [6, 6.07) is 1.94. The molecule has 0 bridgehead atoms. The van der Waals surface area contributed by atoms with Gasteiger partial charge in [-0.05, 0) is 54.9 Å². The predicted molar refractivity (Wildman–Crippen MR) is 74.5 cm³/mol. The van der Waals surface area contributed by atoms with Crippen molar-refractivity contribution in [3.63, 3.8) is 0 Å². The monoisotopic (exact) mass is 311 g/mol. The molecule has 1 amide bonds. The van der Waals surface area contributed by atoms with Gasteiger partial charge in [0, 0.05) is 29.5 Å². The lowest BCUT2D eigenvalue weighted by Gasteiger charge is -2.21. The van der Waals surface area contributed by atoms with Crippen LogP contribution in [-0.4, -0.2) is 41.5 Å². The molecule has 1 N–H and O–H groups in total. The molecule has 0 radical (unpaired) electrons. The van der Waals surface area contributed by atoms with Crippen molar-refractivity contribution < 1.29 is 4.79 Å². The van der Waals surface area contributed by atoms with E-state index in [0.29, 0.717) is 5.56 Å². The summed E-state index contributed by atoms with van der Waals surface area (Å²) in [5.41, 5.74) is 0.595. The molecule has 1 unspecified atom stereocenters. The van der Waals surface area contributed by atoms with Gasteiger partial charge < -0.3 is 10.2 Å². The molecule has 1 aliphatic rings. The van der Waals surface area contributed by atoms with Gasteiger partial charge in [0.2, 0.25) is 0 Å². The average molecular weight is 312 g/mol. The first-order valence-electron chi connectivity index (χ1n) is 6.29. The number of carbonyl (C=O) groups is 1. The molecule has 0 aliphatic carbocycles. The first-order chi connectivity index (χ1) is 8.65. The van der Waals surface area contributed by atoms with Crippen LogP contribution in [0.3, 0.4) is 0 Å². The van der Waals surface area contributed by atoms with Gasteiger partial charge in [-0.3, -0.25) is 9.78 Å². The second kappa shape index (κ2) is 6.29. The Bertz CT molecular complexity index is 418. The number of carbonyl (C=O) groups excluding carboxylic acids is 1. The third-order valence-electron chi connectivity index (χ3n) is 3.08. The van der Waals surface area contributed by atoms with Crippen LogP contribution in [0.5, 0.6) is 0 Å². The number of hydrogen-bond donors (Lipinski definition) is 1. The van der Waals surface area contributed by atoms with Crippen LogP contribution in [0.1, 0.15) is 30.1 Å². The second-order valence-corrected chi connectivity index (χ2v) is 5.69. The molecule has 2 rings (SSSR count). The Hall–Kier alpha value is -0.940. The molecule has 0 saturated carbocycles. The molecule has 1 atom stereocenters. The maximum Gasteiger partial charge on any atom is 0.253 e. The maximum absolute atomic E-state index is 12.0. The highest BCUT2D eigenvalue weighted by atomic mass is 79.9. The van der Waals surface area contributed by atoms with Crippen LogP contribution in [0, 0.1) is 0 Å². The Labute approximate surface area is 116 Å². The molecular formula is C13H18BrN3O. The Kier molecular flexibility index (Phi) is 4.72. The smallest absolute Gasteiger partial charge is 0.253 e. The van der Waals surface area contributed by atoms with Crippen LogP contribution in [0.2, 0.25) is 0 Å². The van der Waals surface area contributed by atoms with Crippen LogP contribution < -0.4 is 5.32 Å². The van der Waals surface area contributed by atoms with E-state index in [-0.39, 0.29) is 11.9 Å². The molecule has 0 aromatic carbocycles. The lowest BCUT2D eigenvalue weighted by atomic mass is 10.2. The SMILES string of the molecule is CC(CN1CCCC1)NC(=O)c1cncc(Br)c1. The van der Waals surface area contributed by atoms with Crippen molar-refractivity contribution in [2.24, 2.45) is 0 Å². The van der Waals surface area contributed by atoms with E-state index in [1.54, 1.807) is 18.5 Å². The number of pyridine rings is 1. The van der Waals surface area contributed by atoms with E-state index >= 15 is 0 Å². The highest BCUT2D eigenvalue weighted by Gasteiger charge is 2.16. The van der Waals surface area contributed by atoms with Crippen molar-refractivity contribution in [3.8, 4) is 0 Å². The summed E-state index contributed by atoms with van der Waals surface area (Å²) in [5, 5.41) is 3.01. The Morgan fingerprint density at radius 1 is 1.50 bits per heavy atom. The summed E-state index contributed by atoms with van der Waals surface area (Å²) in [5.74, 6) is -0.0597. The molecule has 4 nitrogen and oxygen atoms in total. The number of rotatable bonds is 4. The number of amides is 1. The number of hydrogen-bond acceptors (Lipinski definition) is 3. The fourth-order valence-corrected chi connectivity index (χ4v) is 2.61. The van der Waals surface area contributed by atoms with Gasteiger partial charge in [-0.15, -0.1) is 0 Å². The van der Waals surface area contributed by atoms with E-state index < -0.39 is 0 Å². The number of likely N-dealkylation sites (tertiary alicyclic amines) is 1. The molecule has 1 aliphatic heterocycles. The van der Waals surface area contributed by atoms with Crippen LogP contribution in [0.15, 0.2) is 22.9 Å². The lowest BCUT2D eigenvalue weighted by molar-refractivity contribution is 0.0931.